The first-order valence-electron chi connectivity index (χ1n) is 6.83. The van der Waals surface area contributed by atoms with Gasteiger partial charge >= 0.3 is 0 Å². The van der Waals surface area contributed by atoms with Crippen LogP contribution in [0.3, 0.4) is 0 Å². The Hall–Kier alpha value is -1.91. The molecule has 22 heavy (non-hydrogen) atoms. The quantitative estimate of drug-likeness (QED) is 0.448. The average molecular weight is 373 g/mol. The molecular formula is C17H11BrClN3. The Kier molecular flexibility index (Phi) is 3.17. The van der Waals surface area contributed by atoms with E-state index in [0.717, 1.165) is 37.8 Å². The number of halogens is 2. The summed E-state index contributed by atoms with van der Waals surface area (Å²) in [7, 11) is 0. The molecule has 0 atom stereocenters. The van der Waals surface area contributed by atoms with E-state index in [1.165, 1.54) is 5.56 Å². The Morgan fingerprint density at radius 2 is 1.82 bits per heavy atom. The van der Waals surface area contributed by atoms with Gasteiger partial charge in [0.25, 0.3) is 0 Å². The highest BCUT2D eigenvalue weighted by Crippen LogP contribution is 2.30. The minimum Gasteiger partial charge on any atom is -0.338 e. The van der Waals surface area contributed by atoms with E-state index in [9.17, 15) is 0 Å². The molecule has 1 N–H and O–H groups in total. The fourth-order valence-electron chi connectivity index (χ4n) is 2.55. The van der Waals surface area contributed by atoms with E-state index in [4.69, 9.17) is 11.6 Å². The highest BCUT2D eigenvalue weighted by Gasteiger charge is 2.12. The van der Waals surface area contributed by atoms with Crippen molar-refractivity contribution in [2.75, 3.05) is 0 Å². The number of imidazole rings is 1. The van der Waals surface area contributed by atoms with E-state index in [1.54, 1.807) is 0 Å². The van der Waals surface area contributed by atoms with E-state index < -0.39 is 0 Å². The van der Waals surface area contributed by atoms with Crippen molar-refractivity contribution in [3.63, 3.8) is 0 Å². The summed E-state index contributed by atoms with van der Waals surface area (Å²) in [6, 6.07) is 14.1. The number of nitrogens with zero attached hydrogens (tertiary/aromatic N) is 2. The lowest BCUT2D eigenvalue weighted by Gasteiger charge is -2.04. The van der Waals surface area contributed by atoms with Gasteiger partial charge in [-0.2, -0.15) is 0 Å². The first-order valence-corrected chi connectivity index (χ1v) is 8.00. The molecule has 2 aromatic heterocycles. The van der Waals surface area contributed by atoms with Gasteiger partial charge in [-0.05, 0) is 43.3 Å². The molecule has 2 heterocycles. The van der Waals surface area contributed by atoms with Crippen molar-refractivity contribution in [1.29, 1.82) is 0 Å². The van der Waals surface area contributed by atoms with Crippen LogP contribution >= 0.6 is 27.5 Å². The molecule has 0 spiro atoms. The molecule has 0 aliphatic carbocycles. The zero-order valence-electron chi connectivity index (χ0n) is 11.7. The second kappa shape index (κ2) is 5.07. The van der Waals surface area contributed by atoms with E-state index >= 15 is 0 Å². The average Bonchev–Trinajstić information content (AvgIpc) is 2.89. The van der Waals surface area contributed by atoms with Crippen LogP contribution in [0.25, 0.3) is 33.3 Å². The summed E-state index contributed by atoms with van der Waals surface area (Å²) in [6.07, 6.45) is 0. The van der Waals surface area contributed by atoms with Crippen LogP contribution in [0.1, 0.15) is 5.56 Å². The normalized spacial score (nSPS) is 11.4. The van der Waals surface area contributed by atoms with E-state index in [2.05, 4.69) is 43.9 Å². The van der Waals surface area contributed by atoms with Crippen molar-refractivity contribution in [3.8, 4) is 11.4 Å². The second-order valence-electron chi connectivity index (χ2n) is 5.27. The predicted octanol–water partition coefficient (Wildman–Crippen LogP) is 5.50. The highest BCUT2D eigenvalue weighted by atomic mass is 79.9. The fraction of sp³-hybridized carbons (Fsp3) is 0.0588. The van der Waals surface area contributed by atoms with Crippen LogP contribution < -0.4 is 0 Å². The lowest BCUT2D eigenvalue weighted by atomic mass is 10.1. The van der Waals surface area contributed by atoms with E-state index in [-0.39, 0.29) is 0 Å². The van der Waals surface area contributed by atoms with Crippen molar-refractivity contribution in [2.24, 2.45) is 0 Å². The third-order valence-electron chi connectivity index (χ3n) is 3.62. The third kappa shape index (κ3) is 2.28. The van der Waals surface area contributed by atoms with Gasteiger partial charge in [0.2, 0.25) is 0 Å². The predicted molar refractivity (Wildman–Crippen MR) is 94.3 cm³/mol. The summed E-state index contributed by atoms with van der Waals surface area (Å²) in [4.78, 5) is 12.4. The van der Waals surface area contributed by atoms with E-state index in [1.807, 2.05) is 36.4 Å². The topological polar surface area (TPSA) is 41.6 Å². The number of fused-ring (bicyclic) bond motifs is 2. The van der Waals surface area contributed by atoms with Crippen molar-refractivity contribution >= 4 is 49.5 Å². The molecule has 0 saturated heterocycles. The van der Waals surface area contributed by atoms with Crippen molar-refractivity contribution in [2.45, 2.75) is 6.92 Å². The van der Waals surface area contributed by atoms with Crippen molar-refractivity contribution in [1.82, 2.24) is 15.0 Å². The van der Waals surface area contributed by atoms with Crippen LogP contribution in [0.5, 0.6) is 0 Å². The molecule has 4 aromatic rings. The van der Waals surface area contributed by atoms with Gasteiger partial charge in [0.05, 0.1) is 22.1 Å². The van der Waals surface area contributed by atoms with Crippen LogP contribution in [0.4, 0.5) is 0 Å². The molecule has 0 unspecified atom stereocenters. The van der Waals surface area contributed by atoms with Crippen LogP contribution in [-0.4, -0.2) is 15.0 Å². The largest absolute Gasteiger partial charge is 0.338 e. The zero-order chi connectivity index (χ0) is 15.3. The summed E-state index contributed by atoms with van der Waals surface area (Å²) in [6.45, 7) is 2.06. The van der Waals surface area contributed by atoms with Crippen molar-refractivity contribution in [3.05, 3.63) is 57.7 Å². The molecule has 0 radical (unpaired) electrons. The zero-order valence-corrected chi connectivity index (χ0v) is 14.0. The van der Waals surface area contributed by atoms with Crippen LogP contribution in [-0.2, 0) is 0 Å². The Morgan fingerprint density at radius 3 is 2.68 bits per heavy atom. The summed E-state index contributed by atoms with van der Waals surface area (Å²) in [5, 5.41) is 1.51. The van der Waals surface area contributed by atoms with Gasteiger partial charge in [0.15, 0.2) is 0 Å². The van der Waals surface area contributed by atoms with Gasteiger partial charge in [0, 0.05) is 9.86 Å². The number of aromatic nitrogens is 3. The molecular weight excluding hydrogens is 362 g/mol. The lowest BCUT2D eigenvalue weighted by Crippen LogP contribution is -1.88. The minimum absolute atomic E-state index is 0.453. The number of H-pyrrole nitrogens is 1. The first-order chi connectivity index (χ1) is 10.6. The summed E-state index contributed by atoms with van der Waals surface area (Å²) >= 11 is 9.82. The third-order valence-corrected chi connectivity index (χ3v) is 4.40. The Balaban J connectivity index is 1.96. The molecule has 0 saturated carbocycles. The fourth-order valence-corrected chi connectivity index (χ4v) is 3.14. The number of hydrogen-bond acceptors (Lipinski definition) is 2. The summed E-state index contributed by atoms with van der Waals surface area (Å²) in [5.74, 6) is 0.731. The number of pyridine rings is 1. The smallest absolute Gasteiger partial charge is 0.141 e. The number of benzene rings is 2. The molecule has 0 bridgehead atoms. The molecule has 4 rings (SSSR count). The number of hydrogen-bond donors (Lipinski definition) is 1. The lowest BCUT2D eigenvalue weighted by molar-refractivity contribution is 1.30. The molecule has 0 fully saturated rings. The van der Waals surface area contributed by atoms with E-state index in [0.29, 0.717) is 5.15 Å². The van der Waals surface area contributed by atoms with Crippen LogP contribution in [0.15, 0.2) is 46.9 Å². The summed E-state index contributed by atoms with van der Waals surface area (Å²) in [5.41, 5.74) is 4.75. The molecule has 0 aliphatic heterocycles. The van der Waals surface area contributed by atoms with Gasteiger partial charge in [0.1, 0.15) is 11.0 Å². The maximum atomic E-state index is 6.36. The number of rotatable bonds is 1. The Morgan fingerprint density at radius 1 is 1.00 bits per heavy atom. The minimum atomic E-state index is 0.453. The molecule has 0 aliphatic rings. The van der Waals surface area contributed by atoms with Gasteiger partial charge in [-0.3, -0.25) is 0 Å². The molecule has 5 heteroatoms. The number of nitrogens with one attached hydrogen (secondary N) is 1. The Bertz CT molecular complexity index is 1020. The van der Waals surface area contributed by atoms with Gasteiger partial charge < -0.3 is 4.98 Å². The van der Waals surface area contributed by atoms with Crippen LogP contribution in [0.2, 0.25) is 5.15 Å². The summed E-state index contributed by atoms with van der Waals surface area (Å²) < 4.78 is 1.01. The van der Waals surface area contributed by atoms with Gasteiger partial charge in [-0.25, -0.2) is 9.97 Å². The number of aromatic amines is 1. The molecule has 3 nitrogen and oxygen atoms in total. The maximum Gasteiger partial charge on any atom is 0.141 e. The van der Waals surface area contributed by atoms with Crippen molar-refractivity contribution < 1.29 is 0 Å². The molecule has 0 amide bonds. The highest BCUT2D eigenvalue weighted by molar-refractivity contribution is 9.10. The Labute approximate surface area is 140 Å². The molecule has 108 valence electrons. The standard InChI is InChI=1S/C17H11BrClN3/c1-9-2-4-13-10(6-9)7-12(16(19)20-13)17-21-14-5-3-11(18)8-15(14)22-17/h2-8H,1H3,(H,21,22). The monoisotopic (exact) mass is 371 g/mol. The maximum absolute atomic E-state index is 6.36. The van der Waals surface area contributed by atoms with Crippen LogP contribution in [0, 0.1) is 6.92 Å². The number of aryl methyl sites for hydroxylation is 1. The van der Waals surface area contributed by atoms with Gasteiger partial charge in [-0.1, -0.05) is 39.2 Å². The van der Waals surface area contributed by atoms with Gasteiger partial charge in [-0.15, -0.1) is 0 Å². The SMILES string of the molecule is Cc1ccc2nc(Cl)c(-c3nc4ccc(Br)cc4[nH]3)cc2c1. The second-order valence-corrected chi connectivity index (χ2v) is 6.54. The molecule has 2 aromatic carbocycles. The first kappa shape index (κ1) is 13.7.